The standard InChI is InChI=1S/C18H22N2O3/c1-4-11-23-17-10-5-14(12-18(17)22-3)13-19-20-15-6-8-16(21-2)9-7-15/h5-10,12-13,20H,4,11H2,1-3H3/b19-13+. The molecule has 0 radical (unpaired) electrons. The van der Waals surface area contributed by atoms with E-state index in [1.165, 1.54) is 0 Å². The Morgan fingerprint density at radius 3 is 2.43 bits per heavy atom. The van der Waals surface area contributed by atoms with Crippen LogP contribution in [0.4, 0.5) is 5.69 Å². The number of anilines is 1. The van der Waals surface area contributed by atoms with Crippen LogP contribution in [-0.2, 0) is 0 Å². The highest BCUT2D eigenvalue weighted by Crippen LogP contribution is 2.27. The molecule has 0 bridgehead atoms. The second-order valence-corrected chi connectivity index (χ2v) is 4.86. The van der Waals surface area contributed by atoms with Crippen molar-refractivity contribution in [3.8, 4) is 17.2 Å². The van der Waals surface area contributed by atoms with Gasteiger partial charge in [0.05, 0.1) is 32.7 Å². The molecule has 0 spiro atoms. The SMILES string of the molecule is CCCOc1ccc(/C=N/Nc2ccc(OC)cc2)cc1OC. The summed E-state index contributed by atoms with van der Waals surface area (Å²) in [5, 5.41) is 4.22. The highest BCUT2D eigenvalue weighted by atomic mass is 16.5. The maximum atomic E-state index is 5.63. The van der Waals surface area contributed by atoms with Gasteiger partial charge in [-0.3, -0.25) is 5.43 Å². The molecule has 0 aromatic heterocycles. The topological polar surface area (TPSA) is 52.1 Å². The van der Waals surface area contributed by atoms with Gasteiger partial charge in [0.25, 0.3) is 0 Å². The first-order chi connectivity index (χ1) is 11.3. The van der Waals surface area contributed by atoms with Gasteiger partial charge in [-0.15, -0.1) is 0 Å². The summed E-state index contributed by atoms with van der Waals surface area (Å²) in [4.78, 5) is 0. The predicted octanol–water partition coefficient (Wildman–Crippen LogP) is 3.94. The largest absolute Gasteiger partial charge is 0.497 e. The number of hydrazone groups is 1. The van der Waals surface area contributed by atoms with Crippen LogP contribution in [0.1, 0.15) is 18.9 Å². The molecule has 5 heteroatoms. The summed E-state index contributed by atoms with van der Waals surface area (Å²) in [6.07, 6.45) is 2.69. The molecule has 0 aliphatic carbocycles. The quantitative estimate of drug-likeness (QED) is 0.592. The van der Waals surface area contributed by atoms with Crippen LogP contribution in [0.15, 0.2) is 47.6 Å². The van der Waals surface area contributed by atoms with Gasteiger partial charge >= 0.3 is 0 Å². The summed E-state index contributed by atoms with van der Waals surface area (Å²) >= 11 is 0. The van der Waals surface area contributed by atoms with E-state index in [-0.39, 0.29) is 0 Å². The second kappa shape index (κ2) is 8.68. The molecule has 23 heavy (non-hydrogen) atoms. The molecule has 2 aromatic carbocycles. The Kier molecular flexibility index (Phi) is 6.29. The zero-order valence-electron chi connectivity index (χ0n) is 13.7. The smallest absolute Gasteiger partial charge is 0.161 e. The normalized spacial score (nSPS) is 10.6. The second-order valence-electron chi connectivity index (χ2n) is 4.86. The van der Waals surface area contributed by atoms with E-state index in [1.54, 1.807) is 20.4 Å². The van der Waals surface area contributed by atoms with E-state index >= 15 is 0 Å². The van der Waals surface area contributed by atoms with E-state index in [4.69, 9.17) is 14.2 Å². The number of rotatable bonds is 8. The number of nitrogens with zero attached hydrogens (tertiary/aromatic N) is 1. The van der Waals surface area contributed by atoms with Gasteiger partial charge in [0.15, 0.2) is 11.5 Å². The van der Waals surface area contributed by atoms with Crippen molar-refractivity contribution in [1.29, 1.82) is 0 Å². The Balaban J connectivity index is 2.00. The van der Waals surface area contributed by atoms with Gasteiger partial charge in [-0.1, -0.05) is 6.92 Å². The third-order valence-corrected chi connectivity index (χ3v) is 3.15. The lowest BCUT2D eigenvalue weighted by Crippen LogP contribution is -1.98. The lowest BCUT2D eigenvalue weighted by molar-refractivity contribution is 0.294. The van der Waals surface area contributed by atoms with Gasteiger partial charge in [-0.05, 0) is 54.4 Å². The average molecular weight is 314 g/mol. The van der Waals surface area contributed by atoms with Gasteiger partial charge in [-0.25, -0.2) is 0 Å². The molecule has 0 atom stereocenters. The van der Waals surface area contributed by atoms with E-state index in [0.29, 0.717) is 12.4 Å². The molecule has 0 aliphatic rings. The monoisotopic (exact) mass is 314 g/mol. The first-order valence-corrected chi connectivity index (χ1v) is 7.50. The van der Waals surface area contributed by atoms with E-state index in [2.05, 4.69) is 17.5 Å². The number of hydrogen-bond donors (Lipinski definition) is 1. The van der Waals surface area contributed by atoms with Crippen molar-refractivity contribution in [2.24, 2.45) is 5.10 Å². The summed E-state index contributed by atoms with van der Waals surface area (Å²) < 4.78 is 16.1. The molecular weight excluding hydrogens is 292 g/mol. The molecule has 0 heterocycles. The number of benzene rings is 2. The summed E-state index contributed by atoms with van der Waals surface area (Å²) in [6, 6.07) is 13.3. The minimum Gasteiger partial charge on any atom is -0.497 e. The molecule has 0 aliphatic heterocycles. The van der Waals surface area contributed by atoms with Crippen LogP contribution in [-0.4, -0.2) is 27.0 Å². The molecule has 5 nitrogen and oxygen atoms in total. The first kappa shape index (κ1) is 16.7. The van der Waals surface area contributed by atoms with Crippen molar-refractivity contribution in [1.82, 2.24) is 0 Å². The maximum Gasteiger partial charge on any atom is 0.161 e. The van der Waals surface area contributed by atoms with Crippen LogP contribution >= 0.6 is 0 Å². The molecule has 0 amide bonds. The summed E-state index contributed by atoms with van der Waals surface area (Å²) in [6.45, 7) is 2.74. The van der Waals surface area contributed by atoms with Crippen molar-refractivity contribution in [3.05, 3.63) is 48.0 Å². The van der Waals surface area contributed by atoms with Crippen molar-refractivity contribution in [3.63, 3.8) is 0 Å². The molecule has 0 saturated heterocycles. The number of hydrogen-bond acceptors (Lipinski definition) is 5. The van der Waals surface area contributed by atoms with Crippen molar-refractivity contribution in [2.75, 3.05) is 26.3 Å². The van der Waals surface area contributed by atoms with Crippen molar-refractivity contribution < 1.29 is 14.2 Å². The lowest BCUT2D eigenvalue weighted by Gasteiger charge is -2.10. The zero-order chi connectivity index (χ0) is 16.5. The highest BCUT2D eigenvalue weighted by molar-refractivity contribution is 5.81. The predicted molar refractivity (Wildman–Crippen MR) is 93.0 cm³/mol. The summed E-state index contributed by atoms with van der Waals surface area (Å²) in [5.41, 5.74) is 4.78. The van der Waals surface area contributed by atoms with Gasteiger partial charge in [0.1, 0.15) is 5.75 Å². The van der Waals surface area contributed by atoms with Crippen molar-refractivity contribution in [2.45, 2.75) is 13.3 Å². The van der Waals surface area contributed by atoms with Gasteiger partial charge in [0.2, 0.25) is 0 Å². The molecule has 0 saturated carbocycles. The molecule has 122 valence electrons. The Morgan fingerprint density at radius 2 is 1.78 bits per heavy atom. The minimum atomic E-state index is 0.669. The van der Waals surface area contributed by atoms with E-state index in [9.17, 15) is 0 Å². The fourth-order valence-electron chi connectivity index (χ4n) is 1.94. The number of methoxy groups -OCH3 is 2. The van der Waals surface area contributed by atoms with Gasteiger partial charge < -0.3 is 14.2 Å². The Hall–Kier alpha value is -2.69. The van der Waals surface area contributed by atoms with E-state index in [1.807, 2.05) is 42.5 Å². The van der Waals surface area contributed by atoms with Crippen LogP contribution in [0.2, 0.25) is 0 Å². The summed E-state index contributed by atoms with van der Waals surface area (Å²) in [5.74, 6) is 2.26. The maximum absolute atomic E-state index is 5.63. The molecule has 0 fully saturated rings. The first-order valence-electron chi connectivity index (χ1n) is 7.50. The lowest BCUT2D eigenvalue weighted by atomic mass is 10.2. The summed E-state index contributed by atoms with van der Waals surface area (Å²) in [7, 11) is 3.27. The van der Waals surface area contributed by atoms with Crippen molar-refractivity contribution >= 4 is 11.9 Å². The fourth-order valence-corrected chi connectivity index (χ4v) is 1.94. The zero-order valence-corrected chi connectivity index (χ0v) is 13.7. The highest BCUT2D eigenvalue weighted by Gasteiger charge is 2.04. The molecular formula is C18H22N2O3. The van der Waals surface area contributed by atoms with Crippen LogP contribution in [0.3, 0.4) is 0 Å². The molecule has 1 N–H and O–H groups in total. The van der Waals surface area contributed by atoms with E-state index in [0.717, 1.165) is 29.2 Å². The Labute approximate surface area is 136 Å². The third kappa shape index (κ3) is 4.92. The number of nitrogens with one attached hydrogen (secondary N) is 1. The molecule has 2 rings (SSSR count). The third-order valence-electron chi connectivity index (χ3n) is 3.15. The van der Waals surface area contributed by atoms with Crippen LogP contribution < -0.4 is 19.6 Å². The average Bonchev–Trinajstić information content (AvgIpc) is 2.61. The number of ether oxygens (including phenoxy) is 3. The molecule has 2 aromatic rings. The van der Waals surface area contributed by atoms with E-state index < -0.39 is 0 Å². The Morgan fingerprint density at radius 1 is 1.00 bits per heavy atom. The Bertz CT molecular complexity index is 639. The van der Waals surface area contributed by atoms with Crippen LogP contribution in [0, 0.1) is 0 Å². The van der Waals surface area contributed by atoms with Crippen LogP contribution in [0.25, 0.3) is 0 Å². The van der Waals surface area contributed by atoms with Gasteiger partial charge in [0, 0.05) is 0 Å². The minimum absolute atomic E-state index is 0.669. The molecule has 0 unspecified atom stereocenters. The fraction of sp³-hybridized carbons (Fsp3) is 0.278. The van der Waals surface area contributed by atoms with Crippen LogP contribution in [0.5, 0.6) is 17.2 Å². The van der Waals surface area contributed by atoms with Gasteiger partial charge in [-0.2, -0.15) is 5.10 Å².